The molecule has 2 heteroatoms. The maximum atomic E-state index is 4.85. The largest absolute Gasteiger partial charge is 0.264 e. The van der Waals surface area contributed by atoms with E-state index in [0.717, 1.165) is 40.0 Å². The van der Waals surface area contributed by atoms with Crippen LogP contribution in [0.2, 0.25) is 0 Å². The van der Waals surface area contributed by atoms with Crippen LogP contribution < -0.4 is 0 Å². The Bertz CT molecular complexity index is 1830. The standard InChI is InChI=1S/C24H21N.C16H15N/c1-3-18-8-4-6-10-21(18)22-16-20(13-12-17(22)2)24-15-14-19-9-5-7-11-23(19)25-24;1-13(14-9-5-3-6-10-14)16(17-2)15-11-7-4-8-12-15/h4-16H,3H2,1-2H3;3-12H,2H2,1H3/b;16-13+. The Balaban J connectivity index is 0.000000181. The average molecular weight is 545 g/mol. The molecule has 0 radical (unpaired) electrons. The van der Waals surface area contributed by atoms with Crippen LogP contribution >= 0.6 is 0 Å². The van der Waals surface area contributed by atoms with Crippen molar-refractivity contribution >= 4 is 28.9 Å². The molecule has 2 nitrogen and oxygen atoms in total. The van der Waals surface area contributed by atoms with Gasteiger partial charge in [-0.25, -0.2) is 4.98 Å². The highest BCUT2D eigenvalue weighted by molar-refractivity contribution is 5.90. The van der Waals surface area contributed by atoms with Crippen molar-refractivity contribution in [3.63, 3.8) is 0 Å². The highest BCUT2D eigenvalue weighted by Crippen LogP contribution is 2.32. The van der Waals surface area contributed by atoms with E-state index in [4.69, 9.17) is 4.98 Å². The molecule has 1 aromatic heterocycles. The number of rotatable bonds is 6. The second-order valence-electron chi connectivity index (χ2n) is 10.3. The van der Waals surface area contributed by atoms with Crippen molar-refractivity contribution < 1.29 is 0 Å². The lowest BCUT2D eigenvalue weighted by Crippen LogP contribution is -1.92. The van der Waals surface area contributed by atoms with Crippen LogP contribution in [0.3, 0.4) is 0 Å². The van der Waals surface area contributed by atoms with E-state index in [1.54, 1.807) is 0 Å². The zero-order chi connectivity index (χ0) is 29.3. The molecule has 0 aliphatic rings. The number of aliphatic imine (C=N–C) groups is 1. The summed E-state index contributed by atoms with van der Waals surface area (Å²) in [7, 11) is 0. The van der Waals surface area contributed by atoms with Crippen molar-refractivity contribution in [2.45, 2.75) is 27.2 Å². The van der Waals surface area contributed by atoms with Gasteiger partial charge in [0.05, 0.1) is 16.9 Å². The summed E-state index contributed by atoms with van der Waals surface area (Å²) in [6, 6.07) is 48.2. The molecule has 1 heterocycles. The maximum Gasteiger partial charge on any atom is 0.0729 e. The predicted octanol–water partition coefficient (Wildman–Crippen LogP) is 10.7. The minimum Gasteiger partial charge on any atom is -0.264 e. The summed E-state index contributed by atoms with van der Waals surface area (Å²) in [4.78, 5) is 9.02. The van der Waals surface area contributed by atoms with E-state index in [2.05, 4.69) is 130 Å². The maximum absolute atomic E-state index is 4.85. The Labute approximate surface area is 249 Å². The van der Waals surface area contributed by atoms with Crippen molar-refractivity contribution in [1.29, 1.82) is 0 Å². The first-order chi connectivity index (χ1) is 20.6. The number of nitrogens with zero attached hydrogens (tertiary/aromatic N) is 2. The summed E-state index contributed by atoms with van der Waals surface area (Å²) in [6.07, 6.45) is 1.04. The van der Waals surface area contributed by atoms with Crippen LogP contribution in [0.25, 0.3) is 44.6 Å². The summed E-state index contributed by atoms with van der Waals surface area (Å²) in [5.41, 5.74) is 12.9. The number of pyridine rings is 1. The third-order valence-corrected chi connectivity index (χ3v) is 7.59. The summed E-state index contributed by atoms with van der Waals surface area (Å²) >= 11 is 0. The van der Waals surface area contributed by atoms with Gasteiger partial charge in [0.2, 0.25) is 0 Å². The van der Waals surface area contributed by atoms with E-state index in [1.807, 2.05) is 42.5 Å². The second kappa shape index (κ2) is 13.5. The zero-order valence-corrected chi connectivity index (χ0v) is 24.6. The van der Waals surface area contributed by atoms with Gasteiger partial charge in [0.1, 0.15) is 0 Å². The molecular weight excluding hydrogens is 508 g/mol. The third-order valence-electron chi connectivity index (χ3n) is 7.59. The second-order valence-corrected chi connectivity index (χ2v) is 10.3. The molecule has 5 aromatic carbocycles. The van der Waals surface area contributed by atoms with Gasteiger partial charge in [-0.2, -0.15) is 0 Å². The Morgan fingerprint density at radius 3 is 2.02 bits per heavy atom. The van der Waals surface area contributed by atoms with Gasteiger partial charge in [-0.1, -0.05) is 128 Å². The lowest BCUT2D eigenvalue weighted by molar-refractivity contribution is 1.14. The molecule has 0 saturated carbocycles. The highest BCUT2D eigenvalue weighted by Gasteiger charge is 2.10. The monoisotopic (exact) mass is 544 g/mol. The van der Waals surface area contributed by atoms with Crippen LogP contribution in [0.4, 0.5) is 0 Å². The van der Waals surface area contributed by atoms with E-state index >= 15 is 0 Å². The molecule has 206 valence electrons. The fourth-order valence-corrected chi connectivity index (χ4v) is 5.24. The quantitative estimate of drug-likeness (QED) is 0.151. The molecule has 0 unspecified atom stereocenters. The Kier molecular flexibility index (Phi) is 9.16. The van der Waals surface area contributed by atoms with Crippen molar-refractivity contribution in [3.8, 4) is 22.4 Å². The van der Waals surface area contributed by atoms with E-state index in [1.165, 1.54) is 33.2 Å². The Hall–Kier alpha value is -5.08. The van der Waals surface area contributed by atoms with Crippen LogP contribution in [-0.2, 0) is 6.42 Å². The summed E-state index contributed by atoms with van der Waals surface area (Å²) in [6.45, 7) is 10.1. The molecule has 42 heavy (non-hydrogen) atoms. The number of benzene rings is 5. The molecule has 0 spiro atoms. The molecule has 6 rings (SSSR count). The number of aromatic nitrogens is 1. The minimum atomic E-state index is 0.941. The van der Waals surface area contributed by atoms with Crippen LogP contribution in [0.1, 0.15) is 36.1 Å². The third kappa shape index (κ3) is 6.45. The number of aryl methyl sites for hydroxylation is 2. The molecule has 0 aliphatic carbocycles. The lowest BCUT2D eigenvalue weighted by atomic mass is 9.92. The first-order valence-corrected chi connectivity index (χ1v) is 14.4. The number of hydrogen-bond donors (Lipinski definition) is 0. The summed E-state index contributed by atoms with van der Waals surface area (Å²) < 4.78 is 0. The fraction of sp³-hybridized carbons (Fsp3) is 0.100. The molecule has 0 fully saturated rings. The van der Waals surface area contributed by atoms with Gasteiger partial charge in [0.15, 0.2) is 0 Å². The molecule has 6 aromatic rings. The average Bonchev–Trinajstić information content (AvgIpc) is 3.06. The van der Waals surface area contributed by atoms with E-state index < -0.39 is 0 Å². The van der Waals surface area contributed by atoms with Crippen molar-refractivity contribution in [2.75, 3.05) is 0 Å². The van der Waals surface area contributed by atoms with Crippen LogP contribution in [0, 0.1) is 6.92 Å². The van der Waals surface area contributed by atoms with Gasteiger partial charge in [0, 0.05) is 16.5 Å². The minimum absolute atomic E-state index is 0.941. The van der Waals surface area contributed by atoms with Gasteiger partial charge < -0.3 is 0 Å². The topological polar surface area (TPSA) is 25.2 Å². The first kappa shape index (κ1) is 28.4. The molecule has 0 aliphatic heterocycles. The number of para-hydroxylation sites is 1. The highest BCUT2D eigenvalue weighted by atomic mass is 14.7. The Morgan fingerprint density at radius 1 is 0.667 bits per heavy atom. The molecule has 0 N–H and O–H groups in total. The predicted molar refractivity (Wildman–Crippen MR) is 182 cm³/mol. The summed E-state index contributed by atoms with van der Waals surface area (Å²) in [5, 5.41) is 1.18. The first-order valence-electron chi connectivity index (χ1n) is 14.4. The Morgan fingerprint density at radius 2 is 1.31 bits per heavy atom. The normalized spacial score (nSPS) is 11.3. The summed E-state index contributed by atoms with van der Waals surface area (Å²) in [5.74, 6) is 0. The van der Waals surface area contributed by atoms with Crippen LogP contribution in [0.5, 0.6) is 0 Å². The van der Waals surface area contributed by atoms with Gasteiger partial charge in [-0.05, 0) is 78.6 Å². The number of fused-ring (bicyclic) bond motifs is 1. The SMILES string of the molecule is C=N/C(=C(\C)c1ccccc1)c1ccccc1.CCc1ccccc1-c1cc(-c2ccc3ccccc3n2)ccc1C. The van der Waals surface area contributed by atoms with Gasteiger partial charge >= 0.3 is 0 Å². The fourth-order valence-electron chi connectivity index (χ4n) is 5.24. The van der Waals surface area contributed by atoms with Crippen molar-refractivity contribution in [2.24, 2.45) is 4.99 Å². The zero-order valence-electron chi connectivity index (χ0n) is 24.6. The number of hydrogen-bond acceptors (Lipinski definition) is 2. The number of allylic oxidation sites excluding steroid dienone is 1. The van der Waals surface area contributed by atoms with E-state index in [0.29, 0.717) is 0 Å². The molecular formula is C40H36N2. The lowest BCUT2D eigenvalue weighted by Gasteiger charge is -2.13. The van der Waals surface area contributed by atoms with Crippen molar-refractivity contribution in [3.05, 3.63) is 162 Å². The smallest absolute Gasteiger partial charge is 0.0729 e. The van der Waals surface area contributed by atoms with Crippen LogP contribution in [-0.4, -0.2) is 11.7 Å². The van der Waals surface area contributed by atoms with E-state index in [9.17, 15) is 0 Å². The van der Waals surface area contributed by atoms with Gasteiger partial charge in [-0.15, -0.1) is 0 Å². The molecule has 0 amide bonds. The van der Waals surface area contributed by atoms with Gasteiger partial charge in [0.25, 0.3) is 0 Å². The molecule has 0 atom stereocenters. The molecule has 0 saturated heterocycles. The van der Waals surface area contributed by atoms with Crippen LogP contribution in [0.15, 0.2) is 145 Å². The molecule has 0 bridgehead atoms. The van der Waals surface area contributed by atoms with Gasteiger partial charge in [-0.3, -0.25) is 4.99 Å². The van der Waals surface area contributed by atoms with Crippen molar-refractivity contribution in [1.82, 2.24) is 4.98 Å². The van der Waals surface area contributed by atoms with E-state index in [-0.39, 0.29) is 0 Å².